The van der Waals surface area contributed by atoms with E-state index in [1.807, 2.05) is 0 Å². The van der Waals surface area contributed by atoms with Gasteiger partial charge in [-0.3, -0.25) is 4.79 Å². The lowest BCUT2D eigenvalue weighted by molar-refractivity contribution is -0.198. The topological polar surface area (TPSA) is 55.1 Å². The summed E-state index contributed by atoms with van der Waals surface area (Å²) in [5.41, 5.74) is 5.58. The van der Waals surface area contributed by atoms with Gasteiger partial charge in [-0.15, -0.1) is 0 Å². The van der Waals surface area contributed by atoms with Gasteiger partial charge in [0.15, 0.2) is 0 Å². The third-order valence-electron chi connectivity index (χ3n) is 4.79. The van der Waals surface area contributed by atoms with E-state index in [0.717, 1.165) is 19.3 Å². The first-order valence-corrected chi connectivity index (χ1v) is 7.42. The predicted octanol–water partition coefficient (Wildman–Crippen LogP) is 2.60. The van der Waals surface area contributed by atoms with E-state index in [-0.39, 0.29) is 11.8 Å². The zero-order valence-electron chi connectivity index (χ0n) is 11.6. The molecule has 2 atom stereocenters. The molecule has 3 nitrogen and oxygen atoms in total. The van der Waals surface area contributed by atoms with Crippen LogP contribution in [0, 0.1) is 17.3 Å². The van der Waals surface area contributed by atoms with Crippen molar-refractivity contribution in [3.05, 3.63) is 0 Å². The Morgan fingerprint density at radius 2 is 1.90 bits per heavy atom. The fourth-order valence-electron chi connectivity index (χ4n) is 3.24. The molecule has 6 heteroatoms. The number of nitrogens with two attached hydrogens (primary N) is 1. The summed E-state index contributed by atoms with van der Waals surface area (Å²) < 4.78 is 38.9. The minimum atomic E-state index is -4.27. The molecule has 20 heavy (non-hydrogen) atoms. The zero-order chi connectivity index (χ0) is 14.8. The van der Waals surface area contributed by atoms with Crippen LogP contribution in [0.1, 0.15) is 44.9 Å². The van der Waals surface area contributed by atoms with Gasteiger partial charge in [0.2, 0.25) is 5.91 Å². The van der Waals surface area contributed by atoms with Gasteiger partial charge in [0.25, 0.3) is 0 Å². The van der Waals surface area contributed by atoms with Crippen LogP contribution < -0.4 is 11.1 Å². The number of nitrogens with one attached hydrogen (secondary N) is 1. The number of alkyl halides is 3. The Labute approximate surface area is 117 Å². The zero-order valence-corrected chi connectivity index (χ0v) is 11.6. The Balaban J connectivity index is 1.90. The fourth-order valence-corrected chi connectivity index (χ4v) is 3.24. The molecule has 0 saturated heterocycles. The Bertz CT molecular complexity index is 353. The molecule has 2 saturated carbocycles. The summed E-state index contributed by atoms with van der Waals surface area (Å²) in [4.78, 5) is 12.1. The standard InChI is InChI=1S/C14H23F3N2O/c15-14(16,17)11-4-2-1-3-10(11)12(20)19-9-13(5-6-13)7-8-18/h10-11H,1-9,18H2,(H,19,20). The van der Waals surface area contributed by atoms with Gasteiger partial charge in [-0.1, -0.05) is 12.8 Å². The molecule has 0 spiro atoms. The lowest BCUT2D eigenvalue weighted by Crippen LogP contribution is -2.44. The van der Waals surface area contributed by atoms with Crippen LogP contribution in [-0.4, -0.2) is 25.2 Å². The molecule has 2 rings (SSSR count). The van der Waals surface area contributed by atoms with Gasteiger partial charge >= 0.3 is 6.18 Å². The first-order chi connectivity index (χ1) is 9.38. The summed E-state index contributed by atoms with van der Waals surface area (Å²) in [6, 6.07) is 0. The molecule has 0 aromatic rings. The van der Waals surface area contributed by atoms with E-state index >= 15 is 0 Å². The lowest BCUT2D eigenvalue weighted by atomic mass is 9.78. The first kappa shape index (κ1) is 15.6. The van der Waals surface area contributed by atoms with Crippen molar-refractivity contribution in [2.45, 2.75) is 51.1 Å². The van der Waals surface area contributed by atoms with E-state index in [2.05, 4.69) is 5.32 Å². The highest BCUT2D eigenvalue weighted by Gasteiger charge is 2.49. The van der Waals surface area contributed by atoms with E-state index in [0.29, 0.717) is 32.4 Å². The molecule has 3 N–H and O–H groups in total. The second-order valence-corrected chi connectivity index (χ2v) is 6.30. The van der Waals surface area contributed by atoms with Crippen LogP contribution in [-0.2, 0) is 4.79 Å². The number of hydrogen-bond acceptors (Lipinski definition) is 2. The van der Waals surface area contributed by atoms with E-state index in [9.17, 15) is 18.0 Å². The molecule has 0 radical (unpaired) electrons. The average Bonchev–Trinajstić information content (AvgIpc) is 3.16. The maximum Gasteiger partial charge on any atom is 0.392 e. The first-order valence-electron chi connectivity index (χ1n) is 7.42. The van der Waals surface area contributed by atoms with Gasteiger partial charge in [0.1, 0.15) is 0 Å². The minimum absolute atomic E-state index is 0.0623. The summed E-state index contributed by atoms with van der Waals surface area (Å²) in [6.45, 7) is 1.04. The molecule has 116 valence electrons. The van der Waals surface area contributed by atoms with Crippen molar-refractivity contribution >= 4 is 5.91 Å². The van der Waals surface area contributed by atoms with Crippen LogP contribution in [0.25, 0.3) is 0 Å². The molecular formula is C14H23F3N2O. The maximum absolute atomic E-state index is 13.0. The van der Waals surface area contributed by atoms with E-state index < -0.39 is 23.9 Å². The number of hydrogen-bond donors (Lipinski definition) is 2. The number of carbonyl (C=O) groups excluding carboxylic acids is 1. The third-order valence-corrected chi connectivity index (χ3v) is 4.79. The normalized spacial score (nSPS) is 29.0. The minimum Gasteiger partial charge on any atom is -0.355 e. The lowest BCUT2D eigenvalue weighted by Gasteiger charge is -2.32. The van der Waals surface area contributed by atoms with Crippen LogP contribution in [0.2, 0.25) is 0 Å². The highest BCUT2D eigenvalue weighted by Crippen LogP contribution is 2.48. The second-order valence-electron chi connectivity index (χ2n) is 6.30. The van der Waals surface area contributed by atoms with Gasteiger partial charge in [-0.2, -0.15) is 13.2 Å². The molecule has 0 aliphatic heterocycles. The molecule has 2 aliphatic rings. The van der Waals surface area contributed by atoms with Gasteiger partial charge in [0.05, 0.1) is 5.92 Å². The van der Waals surface area contributed by atoms with Crippen LogP contribution in [0.4, 0.5) is 13.2 Å². The molecule has 0 aromatic heterocycles. The SMILES string of the molecule is NCCC1(CNC(=O)C2CCCCC2C(F)(F)F)CC1. The van der Waals surface area contributed by atoms with Gasteiger partial charge in [-0.05, 0) is 44.1 Å². The second kappa shape index (κ2) is 5.92. The highest BCUT2D eigenvalue weighted by atomic mass is 19.4. The van der Waals surface area contributed by atoms with Crippen molar-refractivity contribution in [3.63, 3.8) is 0 Å². The van der Waals surface area contributed by atoms with Gasteiger partial charge in [0, 0.05) is 12.5 Å². The molecule has 0 bridgehead atoms. The smallest absolute Gasteiger partial charge is 0.355 e. The molecule has 1 amide bonds. The van der Waals surface area contributed by atoms with E-state index in [1.54, 1.807) is 0 Å². The predicted molar refractivity (Wildman–Crippen MR) is 69.9 cm³/mol. The Morgan fingerprint density at radius 1 is 1.25 bits per heavy atom. The van der Waals surface area contributed by atoms with E-state index in [4.69, 9.17) is 5.73 Å². The van der Waals surface area contributed by atoms with Crippen LogP contribution in [0.5, 0.6) is 0 Å². The quantitative estimate of drug-likeness (QED) is 0.818. The van der Waals surface area contributed by atoms with Crippen LogP contribution in [0.3, 0.4) is 0 Å². The monoisotopic (exact) mass is 292 g/mol. The molecule has 2 aliphatic carbocycles. The number of carbonyl (C=O) groups is 1. The van der Waals surface area contributed by atoms with Crippen molar-refractivity contribution in [3.8, 4) is 0 Å². The van der Waals surface area contributed by atoms with Crippen molar-refractivity contribution in [2.75, 3.05) is 13.1 Å². The molecule has 2 unspecified atom stereocenters. The summed E-state index contributed by atoms with van der Waals surface area (Å²) >= 11 is 0. The Hall–Kier alpha value is -0.780. The molecule has 0 heterocycles. The largest absolute Gasteiger partial charge is 0.392 e. The molecular weight excluding hydrogens is 269 g/mol. The van der Waals surface area contributed by atoms with Crippen LogP contribution >= 0.6 is 0 Å². The summed E-state index contributed by atoms with van der Waals surface area (Å²) in [6.07, 6.45) is 0.284. The van der Waals surface area contributed by atoms with Crippen molar-refractivity contribution < 1.29 is 18.0 Å². The van der Waals surface area contributed by atoms with Crippen LogP contribution in [0.15, 0.2) is 0 Å². The third kappa shape index (κ3) is 3.65. The highest BCUT2D eigenvalue weighted by molar-refractivity contribution is 5.79. The van der Waals surface area contributed by atoms with E-state index in [1.165, 1.54) is 0 Å². The maximum atomic E-state index is 13.0. The number of halogens is 3. The summed E-state index contributed by atoms with van der Waals surface area (Å²) in [5, 5.41) is 2.75. The number of rotatable bonds is 5. The van der Waals surface area contributed by atoms with Crippen molar-refractivity contribution in [1.82, 2.24) is 5.32 Å². The molecule has 2 fully saturated rings. The Morgan fingerprint density at radius 3 is 2.45 bits per heavy atom. The van der Waals surface area contributed by atoms with Crippen molar-refractivity contribution in [2.24, 2.45) is 23.0 Å². The fraction of sp³-hybridized carbons (Fsp3) is 0.929. The summed E-state index contributed by atoms with van der Waals surface area (Å²) in [7, 11) is 0. The van der Waals surface area contributed by atoms with Gasteiger partial charge in [-0.25, -0.2) is 0 Å². The summed E-state index contributed by atoms with van der Waals surface area (Å²) in [5.74, 6) is -2.80. The van der Waals surface area contributed by atoms with Crippen molar-refractivity contribution in [1.29, 1.82) is 0 Å². The number of amides is 1. The Kier molecular flexibility index (Phi) is 4.62. The molecule has 0 aromatic carbocycles. The van der Waals surface area contributed by atoms with Gasteiger partial charge < -0.3 is 11.1 Å². The average molecular weight is 292 g/mol.